The number of benzene rings is 2. The number of hydrogen-bond acceptors (Lipinski definition) is 3. The fraction of sp³-hybridized carbons (Fsp3) is 0.448. The summed E-state index contributed by atoms with van der Waals surface area (Å²) in [5, 5.41) is 3.58. The van der Waals surface area contributed by atoms with Crippen LogP contribution in [-0.2, 0) is 6.42 Å². The SMILES string of the molecule is C=N/C(C)=C\C(=N/CNC(CCC)CCC)c1ccc(C)cc1C.CCc1ccccc1. The summed E-state index contributed by atoms with van der Waals surface area (Å²) in [6, 6.07) is 17.5. The molecule has 0 amide bonds. The fourth-order valence-electron chi connectivity index (χ4n) is 3.57. The Balaban J connectivity index is 0.000000533. The zero-order valence-corrected chi connectivity index (χ0v) is 21.1. The minimum absolute atomic E-state index is 0.548. The van der Waals surface area contributed by atoms with Crippen molar-refractivity contribution in [2.45, 2.75) is 79.7 Å². The molecule has 0 saturated carbocycles. The van der Waals surface area contributed by atoms with Gasteiger partial charge in [0.2, 0.25) is 0 Å². The van der Waals surface area contributed by atoms with Crippen LogP contribution >= 0.6 is 0 Å². The topological polar surface area (TPSA) is 36.8 Å². The highest BCUT2D eigenvalue weighted by molar-refractivity contribution is 6.10. The number of aryl methyl sites for hydroxylation is 3. The van der Waals surface area contributed by atoms with Gasteiger partial charge in [0.05, 0.1) is 12.4 Å². The van der Waals surface area contributed by atoms with Gasteiger partial charge in [-0.1, -0.05) is 87.7 Å². The van der Waals surface area contributed by atoms with Gasteiger partial charge in [0.1, 0.15) is 0 Å². The molecule has 2 aromatic rings. The lowest BCUT2D eigenvalue weighted by atomic mass is 10.0. The third kappa shape index (κ3) is 10.7. The second kappa shape index (κ2) is 16.2. The van der Waals surface area contributed by atoms with Crippen molar-refractivity contribution in [3.05, 3.63) is 82.6 Å². The van der Waals surface area contributed by atoms with E-state index in [1.165, 1.54) is 42.4 Å². The van der Waals surface area contributed by atoms with E-state index in [-0.39, 0.29) is 0 Å². The molecule has 32 heavy (non-hydrogen) atoms. The molecule has 3 heteroatoms. The van der Waals surface area contributed by atoms with Crippen molar-refractivity contribution < 1.29 is 0 Å². The van der Waals surface area contributed by atoms with Crippen LogP contribution in [0.2, 0.25) is 0 Å². The maximum atomic E-state index is 4.82. The van der Waals surface area contributed by atoms with E-state index in [2.05, 4.69) is 94.1 Å². The van der Waals surface area contributed by atoms with Crippen molar-refractivity contribution in [2.75, 3.05) is 6.67 Å². The molecule has 0 aliphatic heterocycles. The zero-order valence-electron chi connectivity index (χ0n) is 21.1. The summed E-state index contributed by atoms with van der Waals surface area (Å²) in [6.07, 6.45) is 7.95. The van der Waals surface area contributed by atoms with Crippen LogP contribution in [0.4, 0.5) is 0 Å². The number of aliphatic imine (C=N–C) groups is 2. The summed E-state index contributed by atoms with van der Waals surface area (Å²) < 4.78 is 0. The van der Waals surface area contributed by atoms with Gasteiger partial charge in [0, 0.05) is 17.3 Å². The second-order valence-corrected chi connectivity index (χ2v) is 8.28. The first-order valence-electron chi connectivity index (χ1n) is 12.0. The molecule has 3 nitrogen and oxygen atoms in total. The first-order valence-corrected chi connectivity index (χ1v) is 12.0. The number of allylic oxidation sites excluding steroid dienone is 2. The smallest absolute Gasteiger partial charge is 0.0894 e. The van der Waals surface area contributed by atoms with E-state index < -0.39 is 0 Å². The van der Waals surface area contributed by atoms with Crippen LogP contribution in [0.15, 0.2) is 70.3 Å². The van der Waals surface area contributed by atoms with Crippen molar-refractivity contribution in [2.24, 2.45) is 9.98 Å². The largest absolute Gasteiger partial charge is 0.296 e. The van der Waals surface area contributed by atoms with Gasteiger partial charge < -0.3 is 0 Å². The maximum Gasteiger partial charge on any atom is 0.0894 e. The average molecular weight is 434 g/mol. The van der Waals surface area contributed by atoms with E-state index in [1.54, 1.807) is 0 Å². The molecule has 174 valence electrons. The molecule has 0 spiro atoms. The summed E-state index contributed by atoms with van der Waals surface area (Å²) in [5.74, 6) is 0. The van der Waals surface area contributed by atoms with E-state index in [0.29, 0.717) is 12.7 Å². The molecule has 0 atom stereocenters. The normalized spacial score (nSPS) is 11.8. The predicted octanol–water partition coefficient (Wildman–Crippen LogP) is 7.46. The minimum Gasteiger partial charge on any atom is -0.296 e. The molecule has 1 N–H and O–H groups in total. The van der Waals surface area contributed by atoms with E-state index in [9.17, 15) is 0 Å². The molecule has 0 aromatic heterocycles. The Kier molecular flexibility index (Phi) is 13.9. The Labute approximate surface area is 196 Å². The Hall–Kier alpha value is -2.52. The first-order chi connectivity index (χ1) is 15.4. The predicted molar refractivity (Wildman–Crippen MR) is 143 cm³/mol. The molecule has 0 fully saturated rings. The molecule has 0 radical (unpaired) electrons. The van der Waals surface area contributed by atoms with E-state index in [0.717, 1.165) is 23.4 Å². The zero-order chi connectivity index (χ0) is 23.8. The molecular formula is C29H43N3. The highest BCUT2D eigenvalue weighted by Gasteiger charge is 2.08. The van der Waals surface area contributed by atoms with Gasteiger partial charge >= 0.3 is 0 Å². The standard InChI is InChI=1S/C21H33N3.C8H10/c1-7-9-19(10-8-2)23-15-24-21(14-18(5)22-6)20-12-11-16(3)13-17(20)4;1-2-8-6-4-3-5-7-8/h11-14,19,23H,6-10,15H2,1-5H3;3-7H,2H2,1H3/b18-14-,24-21+;. The number of nitrogens with zero attached hydrogens (tertiary/aromatic N) is 2. The molecule has 0 saturated heterocycles. The van der Waals surface area contributed by atoms with Crippen molar-refractivity contribution in [3.8, 4) is 0 Å². The van der Waals surface area contributed by atoms with Crippen molar-refractivity contribution in [1.82, 2.24) is 5.32 Å². The van der Waals surface area contributed by atoms with Crippen molar-refractivity contribution in [1.29, 1.82) is 0 Å². The summed E-state index contributed by atoms with van der Waals surface area (Å²) >= 11 is 0. The Morgan fingerprint density at radius 3 is 2.16 bits per heavy atom. The third-order valence-corrected chi connectivity index (χ3v) is 5.41. The summed E-state index contributed by atoms with van der Waals surface area (Å²) in [4.78, 5) is 8.83. The molecule has 0 unspecified atom stereocenters. The lowest BCUT2D eigenvalue weighted by molar-refractivity contribution is 0.452. The van der Waals surface area contributed by atoms with Crippen LogP contribution in [0.25, 0.3) is 0 Å². The first kappa shape index (κ1) is 27.5. The van der Waals surface area contributed by atoms with Gasteiger partial charge in [-0.05, 0) is 64.0 Å². The molecule has 0 aliphatic rings. The summed E-state index contributed by atoms with van der Waals surface area (Å²) in [6.45, 7) is 17.1. The number of nitrogens with one attached hydrogen (secondary N) is 1. The van der Waals surface area contributed by atoms with Crippen LogP contribution in [0.3, 0.4) is 0 Å². The molecule has 0 aliphatic carbocycles. The summed E-state index contributed by atoms with van der Waals surface area (Å²) in [7, 11) is 0. The van der Waals surface area contributed by atoms with Gasteiger partial charge in [-0.25, -0.2) is 0 Å². The van der Waals surface area contributed by atoms with Crippen molar-refractivity contribution in [3.63, 3.8) is 0 Å². The molecule has 0 heterocycles. The quantitative estimate of drug-likeness (QED) is 0.367. The van der Waals surface area contributed by atoms with Gasteiger partial charge in [-0.15, -0.1) is 0 Å². The Morgan fingerprint density at radius 2 is 1.66 bits per heavy atom. The fourth-order valence-corrected chi connectivity index (χ4v) is 3.57. The van der Waals surface area contributed by atoms with Gasteiger partial charge in [-0.2, -0.15) is 0 Å². The lowest BCUT2D eigenvalue weighted by Gasteiger charge is -2.16. The highest BCUT2D eigenvalue weighted by atomic mass is 15.0. The van der Waals surface area contributed by atoms with Gasteiger partial charge in [0.25, 0.3) is 0 Å². The third-order valence-electron chi connectivity index (χ3n) is 5.41. The van der Waals surface area contributed by atoms with Crippen LogP contribution in [0.1, 0.15) is 75.6 Å². The maximum absolute atomic E-state index is 4.82. The van der Waals surface area contributed by atoms with Crippen molar-refractivity contribution >= 4 is 12.4 Å². The Morgan fingerprint density at radius 1 is 1.00 bits per heavy atom. The minimum atomic E-state index is 0.548. The van der Waals surface area contributed by atoms with Crippen LogP contribution < -0.4 is 5.32 Å². The second-order valence-electron chi connectivity index (χ2n) is 8.28. The average Bonchev–Trinajstić information content (AvgIpc) is 2.79. The molecule has 2 aromatic carbocycles. The van der Waals surface area contributed by atoms with Crippen LogP contribution in [-0.4, -0.2) is 25.1 Å². The van der Waals surface area contributed by atoms with Crippen LogP contribution in [0, 0.1) is 13.8 Å². The van der Waals surface area contributed by atoms with Gasteiger partial charge in [0.15, 0.2) is 0 Å². The highest BCUT2D eigenvalue weighted by Crippen LogP contribution is 2.14. The summed E-state index contributed by atoms with van der Waals surface area (Å²) in [5.41, 5.74) is 6.92. The Bertz CT molecular complexity index is 844. The van der Waals surface area contributed by atoms with E-state index in [1.807, 2.05) is 19.1 Å². The van der Waals surface area contributed by atoms with E-state index in [4.69, 9.17) is 4.99 Å². The lowest BCUT2D eigenvalue weighted by Crippen LogP contribution is -2.29. The van der Waals surface area contributed by atoms with Crippen LogP contribution in [0.5, 0.6) is 0 Å². The number of rotatable bonds is 11. The van der Waals surface area contributed by atoms with E-state index >= 15 is 0 Å². The monoisotopic (exact) mass is 433 g/mol. The van der Waals surface area contributed by atoms with Gasteiger partial charge in [-0.3, -0.25) is 15.3 Å². The molecule has 2 rings (SSSR count). The molecule has 0 bridgehead atoms. The number of hydrogen-bond donors (Lipinski definition) is 1. The molecular weight excluding hydrogens is 390 g/mol.